The molecule has 1 atom stereocenters. The normalized spacial score (nSPS) is 12.3. The topological polar surface area (TPSA) is 57.8 Å². The third kappa shape index (κ3) is 2.97. The van der Waals surface area contributed by atoms with Crippen LogP contribution in [0.2, 0.25) is 0 Å². The number of carbonyl (C=O) groups is 1. The predicted octanol–water partition coefficient (Wildman–Crippen LogP) is 3.82. The number of rotatable bonds is 3. The van der Waals surface area contributed by atoms with Gasteiger partial charge in [0.25, 0.3) is 5.91 Å². The Labute approximate surface area is 130 Å². The molecule has 0 unspecified atom stereocenters. The Morgan fingerprint density at radius 2 is 2.00 bits per heavy atom. The molecule has 1 heterocycles. The van der Waals surface area contributed by atoms with Crippen LogP contribution in [-0.4, -0.2) is 15.9 Å². The molecular formula is C16H14BrN3O. The Balaban J connectivity index is 1.77. The number of halogens is 1. The van der Waals surface area contributed by atoms with Crippen molar-refractivity contribution in [1.82, 2.24) is 15.3 Å². The quantitative estimate of drug-likeness (QED) is 0.759. The van der Waals surface area contributed by atoms with Gasteiger partial charge in [0.15, 0.2) is 0 Å². The summed E-state index contributed by atoms with van der Waals surface area (Å²) in [6, 6.07) is 13.3. The van der Waals surface area contributed by atoms with Crippen LogP contribution in [-0.2, 0) is 0 Å². The van der Waals surface area contributed by atoms with Crippen LogP contribution in [0.4, 0.5) is 0 Å². The zero-order valence-corrected chi connectivity index (χ0v) is 13.0. The number of H-pyrrole nitrogens is 1. The molecule has 0 radical (unpaired) electrons. The monoisotopic (exact) mass is 343 g/mol. The predicted molar refractivity (Wildman–Crippen MR) is 86.1 cm³/mol. The van der Waals surface area contributed by atoms with Gasteiger partial charge >= 0.3 is 0 Å². The number of hydrogen-bond donors (Lipinski definition) is 2. The first-order valence-corrected chi connectivity index (χ1v) is 7.42. The van der Waals surface area contributed by atoms with Crippen molar-refractivity contribution in [3.63, 3.8) is 0 Å². The molecule has 2 N–H and O–H groups in total. The van der Waals surface area contributed by atoms with Crippen LogP contribution in [0.1, 0.15) is 28.9 Å². The van der Waals surface area contributed by atoms with Crippen molar-refractivity contribution in [2.45, 2.75) is 13.0 Å². The highest BCUT2D eigenvalue weighted by Gasteiger charge is 2.12. The average Bonchev–Trinajstić information content (AvgIpc) is 2.95. The van der Waals surface area contributed by atoms with Gasteiger partial charge in [0.05, 0.1) is 23.4 Å². The van der Waals surface area contributed by atoms with Crippen LogP contribution in [0.25, 0.3) is 11.0 Å². The van der Waals surface area contributed by atoms with Crippen LogP contribution in [0.5, 0.6) is 0 Å². The molecule has 0 saturated heterocycles. The summed E-state index contributed by atoms with van der Waals surface area (Å²) in [4.78, 5) is 19.5. The van der Waals surface area contributed by atoms with E-state index in [1.807, 2.05) is 43.3 Å². The van der Waals surface area contributed by atoms with Crippen molar-refractivity contribution in [3.05, 3.63) is 64.4 Å². The minimum atomic E-state index is -0.0954. The van der Waals surface area contributed by atoms with Gasteiger partial charge in [-0.1, -0.05) is 28.1 Å². The molecule has 5 heteroatoms. The first-order valence-electron chi connectivity index (χ1n) is 6.63. The lowest BCUT2D eigenvalue weighted by atomic mass is 10.1. The molecule has 0 spiro atoms. The molecule has 4 nitrogen and oxygen atoms in total. The van der Waals surface area contributed by atoms with Crippen molar-refractivity contribution in [3.8, 4) is 0 Å². The second-order valence-electron chi connectivity index (χ2n) is 4.88. The smallest absolute Gasteiger partial charge is 0.251 e. The third-order valence-corrected chi connectivity index (χ3v) is 3.93. The van der Waals surface area contributed by atoms with Gasteiger partial charge in [-0.15, -0.1) is 0 Å². The fourth-order valence-electron chi connectivity index (χ4n) is 2.19. The first-order chi connectivity index (χ1) is 10.1. The van der Waals surface area contributed by atoms with Gasteiger partial charge in [0.1, 0.15) is 0 Å². The average molecular weight is 344 g/mol. The maximum Gasteiger partial charge on any atom is 0.251 e. The minimum absolute atomic E-state index is 0.0527. The van der Waals surface area contributed by atoms with E-state index in [9.17, 15) is 4.79 Å². The third-order valence-electron chi connectivity index (χ3n) is 3.40. The summed E-state index contributed by atoms with van der Waals surface area (Å²) >= 11 is 3.40. The second-order valence-corrected chi connectivity index (χ2v) is 5.80. The molecule has 3 rings (SSSR count). The van der Waals surface area contributed by atoms with Crippen molar-refractivity contribution < 1.29 is 4.79 Å². The lowest BCUT2D eigenvalue weighted by Gasteiger charge is -2.14. The molecule has 3 aromatic rings. The van der Waals surface area contributed by atoms with Gasteiger partial charge in [0, 0.05) is 10.0 Å². The van der Waals surface area contributed by atoms with Gasteiger partial charge in [-0.25, -0.2) is 4.98 Å². The summed E-state index contributed by atoms with van der Waals surface area (Å²) in [5, 5.41) is 3.00. The number of nitrogens with one attached hydrogen (secondary N) is 2. The number of fused-ring (bicyclic) bond motifs is 1. The van der Waals surface area contributed by atoms with Crippen LogP contribution in [0.15, 0.2) is 53.3 Å². The summed E-state index contributed by atoms with van der Waals surface area (Å²) in [7, 11) is 0. The largest absolute Gasteiger partial charge is 0.346 e. The molecule has 2 aromatic carbocycles. The van der Waals surface area contributed by atoms with E-state index in [0.29, 0.717) is 5.56 Å². The number of imidazole rings is 1. The fraction of sp³-hybridized carbons (Fsp3) is 0.125. The molecule has 0 aliphatic carbocycles. The van der Waals surface area contributed by atoms with Crippen LogP contribution >= 0.6 is 15.9 Å². The Hall–Kier alpha value is -2.14. The van der Waals surface area contributed by atoms with Crippen molar-refractivity contribution >= 4 is 32.9 Å². The number of carbonyl (C=O) groups excluding carboxylic acids is 1. The van der Waals surface area contributed by atoms with E-state index in [1.165, 1.54) is 0 Å². The molecular weight excluding hydrogens is 330 g/mol. The zero-order valence-electron chi connectivity index (χ0n) is 11.4. The van der Waals surface area contributed by atoms with E-state index in [4.69, 9.17) is 0 Å². The maximum absolute atomic E-state index is 12.3. The molecule has 1 aromatic heterocycles. The van der Waals surface area contributed by atoms with Gasteiger partial charge in [-0.2, -0.15) is 0 Å². The minimum Gasteiger partial charge on any atom is -0.346 e. The van der Waals surface area contributed by atoms with Gasteiger partial charge < -0.3 is 10.3 Å². The fourth-order valence-corrected chi connectivity index (χ4v) is 2.46. The Kier molecular flexibility index (Phi) is 3.75. The van der Waals surface area contributed by atoms with Crippen LogP contribution in [0.3, 0.4) is 0 Å². The Bertz CT molecular complexity index is 780. The Morgan fingerprint density at radius 3 is 2.76 bits per heavy atom. The molecule has 106 valence electrons. The summed E-state index contributed by atoms with van der Waals surface area (Å²) in [6.07, 6.45) is 1.62. The summed E-state index contributed by atoms with van der Waals surface area (Å²) in [5.41, 5.74) is 3.40. The summed E-state index contributed by atoms with van der Waals surface area (Å²) < 4.78 is 1.02. The van der Waals surface area contributed by atoms with E-state index in [1.54, 1.807) is 12.4 Å². The number of benzene rings is 2. The summed E-state index contributed by atoms with van der Waals surface area (Å²) in [6.45, 7) is 1.97. The molecule has 0 aliphatic rings. The summed E-state index contributed by atoms with van der Waals surface area (Å²) in [5.74, 6) is -0.0954. The van der Waals surface area contributed by atoms with Gasteiger partial charge in [-0.3, -0.25) is 4.79 Å². The molecule has 0 fully saturated rings. The van der Waals surface area contributed by atoms with Gasteiger partial charge in [-0.05, 0) is 42.8 Å². The van der Waals surface area contributed by atoms with Crippen LogP contribution in [0, 0.1) is 0 Å². The maximum atomic E-state index is 12.3. The second kappa shape index (κ2) is 5.69. The van der Waals surface area contributed by atoms with Gasteiger partial charge in [0.2, 0.25) is 0 Å². The highest BCUT2D eigenvalue weighted by Crippen LogP contribution is 2.18. The lowest BCUT2D eigenvalue weighted by molar-refractivity contribution is 0.0940. The number of aromatic amines is 1. The van der Waals surface area contributed by atoms with E-state index in [2.05, 4.69) is 31.2 Å². The van der Waals surface area contributed by atoms with E-state index in [0.717, 1.165) is 21.1 Å². The number of aromatic nitrogens is 2. The van der Waals surface area contributed by atoms with E-state index < -0.39 is 0 Å². The first kappa shape index (κ1) is 13.8. The van der Waals surface area contributed by atoms with Crippen molar-refractivity contribution in [1.29, 1.82) is 0 Å². The molecule has 0 saturated carbocycles. The highest BCUT2D eigenvalue weighted by molar-refractivity contribution is 9.10. The molecule has 0 aliphatic heterocycles. The molecule has 0 bridgehead atoms. The lowest BCUT2D eigenvalue weighted by Crippen LogP contribution is -2.26. The van der Waals surface area contributed by atoms with E-state index >= 15 is 0 Å². The molecule has 21 heavy (non-hydrogen) atoms. The Morgan fingerprint density at radius 1 is 1.24 bits per heavy atom. The number of hydrogen-bond acceptors (Lipinski definition) is 2. The van der Waals surface area contributed by atoms with Crippen LogP contribution < -0.4 is 5.32 Å². The zero-order chi connectivity index (χ0) is 14.8. The van der Waals surface area contributed by atoms with Crippen molar-refractivity contribution in [2.75, 3.05) is 0 Å². The molecule has 1 amide bonds. The standard InChI is InChI=1S/C16H14BrN3O/c1-10(11-2-5-13(17)6-3-11)20-16(21)12-4-7-14-15(8-12)19-9-18-14/h2-10H,1H3,(H,18,19)(H,20,21)/t10-/m1/s1. The number of amides is 1. The highest BCUT2D eigenvalue weighted by atomic mass is 79.9. The van der Waals surface area contributed by atoms with Crippen molar-refractivity contribution in [2.24, 2.45) is 0 Å². The number of nitrogens with zero attached hydrogens (tertiary/aromatic N) is 1. The van der Waals surface area contributed by atoms with E-state index in [-0.39, 0.29) is 11.9 Å². The SMILES string of the molecule is C[C@@H](NC(=O)c1ccc2nc[nH]c2c1)c1ccc(Br)cc1.